The van der Waals surface area contributed by atoms with Crippen LogP contribution in [0.2, 0.25) is 0 Å². The van der Waals surface area contributed by atoms with Crippen LogP contribution in [0.25, 0.3) is 0 Å². The van der Waals surface area contributed by atoms with Crippen molar-refractivity contribution in [2.24, 2.45) is 0 Å². The summed E-state index contributed by atoms with van der Waals surface area (Å²) < 4.78 is 13.3. The molecule has 0 aromatic heterocycles. The number of nitrogens with one attached hydrogen (secondary N) is 2. The van der Waals surface area contributed by atoms with Crippen molar-refractivity contribution in [2.45, 2.75) is 0 Å². The molecule has 5 heteroatoms. The van der Waals surface area contributed by atoms with Gasteiger partial charge in [-0.25, -0.2) is 9.18 Å². The molecule has 0 saturated carbocycles. The number of anilines is 1. The standard InChI is InChI=1S/C8H8FIN2O/c1-11-8(13)12-7-3-2-5(9)4-6(7)10/h2-4H,1H3,(H2,11,12,13). The molecule has 0 aliphatic heterocycles. The third-order valence-electron chi connectivity index (χ3n) is 1.41. The summed E-state index contributed by atoms with van der Waals surface area (Å²) in [6, 6.07) is 3.86. The van der Waals surface area contributed by atoms with Crippen LogP contribution in [0.5, 0.6) is 0 Å². The molecule has 0 aliphatic rings. The number of urea groups is 1. The van der Waals surface area contributed by atoms with E-state index >= 15 is 0 Å². The van der Waals surface area contributed by atoms with Crippen molar-refractivity contribution in [3.63, 3.8) is 0 Å². The molecule has 70 valence electrons. The van der Waals surface area contributed by atoms with Crippen LogP contribution in [0, 0.1) is 9.39 Å². The summed E-state index contributed by atoms with van der Waals surface area (Å²) in [5, 5.41) is 4.97. The van der Waals surface area contributed by atoms with E-state index in [4.69, 9.17) is 0 Å². The third kappa shape index (κ3) is 2.83. The van der Waals surface area contributed by atoms with Gasteiger partial charge in [-0.2, -0.15) is 0 Å². The van der Waals surface area contributed by atoms with Gasteiger partial charge in [0.2, 0.25) is 0 Å². The van der Waals surface area contributed by atoms with E-state index in [0.29, 0.717) is 9.26 Å². The zero-order valence-electron chi connectivity index (χ0n) is 6.90. The molecule has 2 amide bonds. The van der Waals surface area contributed by atoms with Gasteiger partial charge in [-0.1, -0.05) is 0 Å². The molecule has 2 N–H and O–H groups in total. The molecule has 1 aromatic carbocycles. The van der Waals surface area contributed by atoms with E-state index in [1.54, 1.807) is 0 Å². The zero-order valence-corrected chi connectivity index (χ0v) is 9.05. The van der Waals surface area contributed by atoms with E-state index < -0.39 is 0 Å². The minimum absolute atomic E-state index is 0.313. The van der Waals surface area contributed by atoms with Crippen LogP contribution < -0.4 is 10.6 Å². The van der Waals surface area contributed by atoms with Gasteiger partial charge in [-0.15, -0.1) is 0 Å². The van der Waals surface area contributed by atoms with Crippen molar-refractivity contribution in [2.75, 3.05) is 12.4 Å². The van der Waals surface area contributed by atoms with Gasteiger partial charge in [0.1, 0.15) is 5.82 Å². The highest BCUT2D eigenvalue weighted by molar-refractivity contribution is 14.1. The lowest BCUT2D eigenvalue weighted by Gasteiger charge is -2.05. The lowest BCUT2D eigenvalue weighted by molar-refractivity contribution is 0.254. The molecular formula is C8H8FIN2O. The number of carbonyl (C=O) groups excluding carboxylic acids is 1. The van der Waals surface area contributed by atoms with Gasteiger partial charge in [0.05, 0.1) is 5.69 Å². The van der Waals surface area contributed by atoms with E-state index in [9.17, 15) is 9.18 Å². The molecule has 3 nitrogen and oxygen atoms in total. The van der Waals surface area contributed by atoms with Crippen molar-refractivity contribution in [1.82, 2.24) is 5.32 Å². The number of benzene rings is 1. The Hall–Kier alpha value is -0.850. The second-order valence-electron chi connectivity index (χ2n) is 2.33. The number of hydrogen-bond acceptors (Lipinski definition) is 1. The highest BCUT2D eigenvalue weighted by Crippen LogP contribution is 2.18. The third-order valence-corrected chi connectivity index (χ3v) is 2.30. The van der Waals surface area contributed by atoms with Gasteiger partial charge in [-0.05, 0) is 40.8 Å². The van der Waals surface area contributed by atoms with E-state index in [1.165, 1.54) is 25.2 Å². The van der Waals surface area contributed by atoms with E-state index in [-0.39, 0.29) is 11.8 Å². The fourth-order valence-electron chi connectivity index (χ4n) is 0.776. The Labute approximate surface area is 88.8 Å². The van der Waals surface area contributed by atoms with E-state index in [1.807, 2.05) is 22.6 Å². The molecule has 0 unspecified atom stereocenters. The average molecular weight is 294 g/mol. The largest absolute Gasteiger partial charge is 0.341 e. The van der Waals surface area contributed by atoms with Crippen molar-refractivity contribution < 1.29 is 9.18 Å². The normalized spacial score (nSPS) is 9.46. The first-order valence-corrected chi connectivity index (χ1v) is 4.65. The zero-order chi connectivity index (χ0) is 9.84. The smallest absolute Gasteiger partial charge is 0.319 e. The second kappa shape index (κ2) is 4.40. The summed E-state index contributed by atoms with van der Waals surface area (Å²) in [6.45, 7) is 0. The van der Waals surface area contributed by atoms with Gasteiger partial charge < -0.3 is 10.6 Å². The predicted molar refractivity (Wildman–Crippen MR) is 57.2 cm³/mol. The Bertz CT molecular complexity index is 330. The Balaban J connectivity index is 2.83. The summed E-state index contributed by atoms with van der Waals surface area (Å²) in [4.78, 5) is 10.9. The first kappa shape index (κ1) is 10.2. The predicted octanol–water partition coefficient (Wildman–Crippen LogP) is 2.18. The number of halogens is 2. The molecular weight excluding hydrogens is 286 g/mol. The van der Waals surface area contributed by atoms with E-state index in [2.05, 4.69) is 10.6 Å². The van der Waals surface area contributed by atoms with Crippen LogP contribution in [-0.4, -0.2) is 13.1 Å². The van der Waals surface area contributed by atoms with Crippen LogP contribution in [0.4, 0.5) is 14.9 Å². The SMILES string of the molecule is CNC(=O)Nc1ccc(F)cc1I. The Morgan fingerprint density at radius 2 is 2.23 bits per heavy atom. The maximum Gasteiger partial charge on any atom is 0.319 e. The Morgan fingerprint density at radius 1 is 1.54 bits per heavy atom. The molecule has 0 bridgehead atoms. The molecule has 0 fully saturated rings. The Kier molecular flexibility index (Phi) is 3.47. The lowest BCUT2D eigenvalue weighted by Crippen LogP contribution is -2.24. The summed E-state index contributed by atoms with van der Waals surface area (Å²) in [5.41, 5.74) is 0.598. The summed E-state index contributed by atoms with van der Waals surface area (Å²) in [6.07, 6.45) is 0. The molecule has 1 aromatic rings. The summed E-state index contributed by atoms with van der Waals surface area (Å²) in [7, 11) is 1.52. The van der Waals surface area contributed by atoms with Gasteiger partial charge in [-0.3, -0.25) is 0 Å². The van der Waals surface area contributed by atoms with Crippen LogP contribution in [0.3, 0.4) is 0 Å². The van der Waals surface area contributed by atoms with Crippen molar-refractivity contribution >= 4 is 34.3 Å². The second-order valence-corrected chi connectivity index (χ2v) is 3.49. The number of rotatable bonds is 1. The van der Waals surface area contributed by atoms with Gasteiger partial charge >= 0.3 is 6.03 Å². The van der Waals surface area contributed by atoms with Crippen molar-refractivity contribution in [1.29, 1.82) is 0 Å². The van der Waals surface area contributed by atoms with Crippen LogP contribution in [-0.2, 0) is 0 Å². The van der Waals surface area contributed by atoms with Crippen LogP contribution >= 0.6 is 22.6 Å². The van der Waals surface area contributed by atoms with Crippen molar-refractivity contribution in [3.8, 4) is 0 Å². The highest BCUT2D eigenvalue weighted by Gasteiger charge is 2.03. The maximum atomic E-state index is 12.6. The monoisotopic (exact) mass is 294 g/mol. The number of carbonyl (C=O) groups is 1. The highest BCUT2D eigenvalue weighted by atomic mass is 127. The first-order valence-electron chi connectivity index (χ1n) is 3.57. The maximum absolute atomic E-state index is 12.6. The molecule has 0 saturated heterocycles. The van der Waals surface area contributed by atoms with Gasteiger partial charge in [0.15, 0.2) is 0 Å². The fraction of sp³-hybridized carbons (Fsp3) is 0.125. The molecule has 0 atom stereocenters. The minimum atomic E-state index is -0.315. The molecule has 1 rings (SSSR count). The number of hydrogen-bond donors (Lipinski definition) is 2. The van der Waals surface area contributed by atoms with Crippen LogP contribution in [0.15, 0.2) is 18.2 Å². The molecule has 0 spiro atoms. The topological polar surface area (TPSA) is 41.1 Å². The van der Waals surface area contributed by atoms with E-state index in [0.717, 1.165) is 0 Å². The molecule has 13 heavy (non-hydrogen) atoms. The molecule has 0 heterocycles. The van der Waals surface area contributed by atoms with Gasteiger partial charge in [0, 0.05) is 10.6 Å². The fourth-order valence-corrected chi connectivity index (χ4v) is 1.39. The summed E-state index contributed by atoms with van der Waals surface area (Å²) in [5.74, 6) is -0.313. The van der Waals surface area contributed by atoms with Crippen molar-refractivity contribution in [3.05, 3.63) is 27.6 Å². The van der Waals surface area contributed by atoms with Gasteiger partial charge in [0.25, 0.3) is 0 Å². The molecule has 0 aliphatic carbocycles. The molecule has 0 radical (unpaired) electrons. The average Bonchev–Trinajstić information content (AvgIpc) is 2.09. The first-order chi connectivity index (χ1) is 6.13. The summed E-state index contributed by atoms with van der Waals surface area (Å²) >= 11 is 1.95. The quantitative estimate of drug-likeness (QED) is 0.766. The minimum Gasteiger partial charge on any atom is -0.341 e. The number of amides is 2. The lowest BCUT2D eigenvalue weighted by atomic mass is 10.3. The Morgan fingerprint density at radius 3 is 2.77 bits per heavy atom. The van der Waals surface area contributed by atoms with Crippen LogP contribution in [0.1, 0.15) is 0 Å².